The number of likely N-dealkylation sites (tertiary alicyclic amines) is 1. The summed E-state index contributed by atoms with van der Waals surface area (Å²) in [6.07, 6.45) is 7.48. The third kappa shape index (κ3) is 6.69. The first kappa shape index (κ1) is 36.3. The lowest BCUT2D eigenvalue weighted by molar-refractivity contribution is -0.147. The molecule has 8 atom stereocenters. The number of amides is 3. The number of carbonyl (C=O) groups excluding carboxylic acids is 4. The monoisotopic (exact) mass is 698 g/mol. The number of ether oxygens (including phenoxy) is 2. The summed E-state index contributed by atoms with van der Waals surface area (Å²) in [5, 5.41) is 13.9. The molecule has 1 spiro atoms. The van der Waals surface area contributed by atoms with Gasteiger partial charge in [0.2, 0.25) is 11.8 Å². The number of fused-ring (bicyclic) bond motifs is 2. The number of carbonyl (C=O) groups is 4. The van der Waals surface area contributed by atoms with Crippen molar-refractivity contribution >= 4 is 35.1 Å². The molecule has 0 radical (unpaired) electrons. The number of anilines is 2. The van der Waals surface area contributed by atoms with Gasteiger partial charge in [-0.15, -0.1) is 0 Å². The number of allylic oxidation sites excluding steroid dienone is 1. The quantitative estimate of drug-likeness (QED) is 0.295. The fourth-order valence-corrected chi connectivity index (χ4v) is 8.21. The second-order valence-electron chi connectivity index (χ2n) is 13.9. The topological polar surface area (TPSA) is 129 Å². The Morgan fingerprint density at radius 2 is 1.71 bits per heavy atom. The van der Waals surface area contributed by atoms with Crippen LogP contribution in [0.5, 0.6) is 0 Å². The van der Waals surface area contributed by atoms with Crippen molar-refractivity contribution in [3.63, 3.8) is 0 Å². The molecule has 2 aromatic rings. The lowest BCUT2D eigenvalue weighted by Crippen LogP contribution is -2.59. The van der Waals surface area contributed by atoms with Crippen molar-refractivity contribution in [2.24, 2.45) is 17.8 Å². The van der Waals surface area contributed by atoms with E-state index in [4.69, 9.17) is 9.47 Å². The molecule has 51 heavy (non-hydrogen) atoms. The maximum Gasteiger partial charge on any atom is 0.306 e. The van der Waals surface area contributed by atoms with Crippen LogP contribution < -0.4 is 15.1 Å². The summed E-state index contributed by atoms with van der Waals surface area (Å²) in [6.45, 7) is 9.63. The summed E-state index contributed by atoms with van der Waals surface area (Å²) >= 11 is 0. The molecule has 2 N–H and O–H groups in total. The van der Waals surface area contributed by atoms with E-state index in [1.165, 1.54) is 4.90 Å². The van der Waals surface area contributed by atoms with E-state index in [9.17, 15) is 19.5 Å². The molecule has 2 saturated heterocycles. The number of hydrogen-bond acceptors (Lipinski definition) is 8. The number of benzene rings is 2. The highest BCUT2D eigenvalue weighted by molar-refractivity contribution is 6.06. The summed E-state index contributed by atoms with van der Waals surface area (Å²) < 4.78 is 12.5. The average Bonchev–Trinajstić information content (AvgIpc) is 3.53. The fraction of sp³-hybridized carbons (Fsp3) is 0.500. The number of esters is 1. The van der Waals surface area contributed by atoms with E-state index in [0.717, 1.165) is 24.3 Å². The fourth-order valence-electron chi connectivity index (χ4n) is 8.21. The second kappa shape index (κ2) is 15.4. The van der Waals surface area contributed by atoms with Crippen LogP contribution in [0, 0.1) is 17.8 Å². The molecule has 11 nitrogen and oxygen atoms in total. The number of aliphatic hydroxyl groups excluding tert-OH is 1. The highest BCUT2D eigenvalue weighted by Gasteiger charge is 2.72. The van der Waals surface area contributed by atoms with Crippen LogP contribution in [0.1, 0.15) is 58.6 Å². The van der Waals surface area contributed by atoms with Crippen molar-refractivity contribution in [2.75, 3.05) is 42.6 Å². The van der Waals surface area contributed by atoms with E-state index >= 15 is 4.79 Å². The lowest BCUT2D eigenvalue weighted by atomic mass is 9.77. The molecular formula is C40H50N4O7. The van der Waals surface area contributed by atoms with Gasteiger partial charge in [-0.2, -0.15) is 0 Å². The third-order valence-corrected chi connectivity index (χ3v) is 11.1. The van der Waals surface area contributed by atoms with Crippen LogP contribution in [-0.2, 0) is 28.7 Å². The zero-order valence-corrected chi connectivity index (χ0v) is 29.9. The van der Waals surface area contributed by atoms with E-state index in [2.05, 4.69) is 24.1 Å². The molecular weight excluding hydrogens is 648 g/mol. The van der Waals surface area contributed by atoms with Crippen molar-refractivity contribution < 1.29 is 33.8 Å². The molecule has 4 aliphatic heterocycles. The van der Waals surface area contributed by atoms with E-state index < -0.39 is 53.5 Å². The van der Waals surface area contributed by atoms with Gasteiger partial charge < -0.3 is 34.6 Å². The summed E-state index contributed by atoms with van der Waals surface area (Å²) in [7, 11) is 0. The molecule has 2 fully saturated rings. The van der Waals surface area contributed by atoms with E-state index in [-0.39, 0.29) is 44.0 Å². The Labute approximate surface area is 300 Å². The van der Waals surface area contributed by atoms with Crippen LogP contribution in [0.25, 0.3) is 0 Å². The number of cyclic esters (lactones) is 1. The predicted molar refractivity (Wildman–Crippen MR) is 194 cm³/mol. The summed E-state index contributed by atoms with van der Waals surface area (Å²) in [5.74, 6) is -3.77. The minimum absolute atomic E-state index is 0.0734. The van der Waals surface area contributed by atoms with Gasteiger partial charge in [0.25, 0.3) is 5.91 Å². The highest BCUT2D eigenvalue weighted by atomic mass is 16.5. The maximum absolute atomic E-state index is 15.0. The van der Waals surface area contributed by atoms with Crippen molar-refractivity contribution in [3.05, 3.63) is 84.5 Å². The van der Waals surface area contributed by atoms with Gasteiger partial charge in [0, 0.05) is 37.4 Å². The van der Waals surface area contributed by atoms with Crippen molar-refractivity contribution in [1.82, 2.24) is 10.2 Å². The van der Waals surface area contributed by atoms with Crippen LogP contribution in [0.4, 0.5) is 11.4 Å². The van der Waals surface area contributed by atoms with E-state index in [1.54, 1.807) is 23.1 Å². The Hall–Kier alpha value is -4.48. The first-order valence-electron chi connectivity index (χ1n) is 18.3. The summed E-state index contributed by atoms with van der Waals surface area (Å²) in [5.41, 5.74) is 0.977. The van der Waals surface area contributed by atoms with Crippen LogP contribution in [0.3, 0.4) is 0 Å². The molecule has 0 aliphatic carbocycles. The maximum atomic E-state index is 15.0. The van der Waals surface area contributed by atoms with Crippen molar-refractivity contribution in [2.45, 2.75) is 76.8 Å². The molecule has 6 rings (SSSR count). The standard InChI is InChI=1S/C40H50N4O7/c1-5-26(4)31(24-45)44-36-39(49)43(29-20-18-28(19-21-29)42(6-2)7-3)23-13-22-40(36)35(38(44)48)34-32(51-40)16-11-12-17-33(46)50-25-30(41-37(34)47)27-14-9-8-10-15-27/h8-11,13-16,18-22,26,30-32,34-36,45H,5-7,12,17,23-25H2,1-4H3,(H,41,47)/b16-11-/t26-,30-,31-,32+,34-,35-,36+,40-/m0/s1. The van der Waals surface area contributed by atoms with Gasteiger partial charge in [0.15, 0.2) is 0 Å². The molecule has 4 heterocycles. The largest absolute Gasteiger partial charge is 0.463 e. The Bertz CT molecular complexity index is 1640. The first-order chi connectivity index (χ1) is 24.7. The molecule has 272 valence electrons. The number of hydrogen-bond donors (Lipinski definition) is 2. The molecule has 0 bridgehead atoms. The highest BCUT2D eigenvalue weighted by Crippen LogP contribution is 2.54. The van der Waals surface area contributed by atoms with Crippen LogP contribution >= 0.6 is 0 Å². The second-order valence-corrected chi connectivity index (χ2v) is 13.9. The SMILES string of the molecule is CC[C@H](C)[C@H](CO)N1C(=O)[C@@H]2[C@H]3C(=O)N[C@H](c4ccccc4)COC(=O)CC/C=C\[C@H]3O[C@@]23C=CCN(c2ccc(N(CC)CC)cc2)C(=O)[C@@H]13. The van der Waals surface area contributed by atoms with Gasteiger partial charge >= 0.3 is 5.97 Å². The molecule has 0 aromatic heterocycles. The van der Waals surface area contributed by atoms with Gasteiger partial charge in [-0.1, -0.05) is 74.9 Å². The molecule has 11 heteroatoms. The van der Waals surface area contributed by atoms with Crippen LogP contribution in [0.2, 0.25) is 0 Å². The van der Waals surface area contributed by atoms with Crippen molar-refractivity contribution in [3.8, 4) is 0 Å². The normalized spacial score (nSPS) is 29.8. The Balaban J connectivity index is 1.44. The lowest BCUT2D eigenvalue weighted by Gasteiger charge is -2.40. The zero-order valence-electron chi connectivity index (χ0n) is 29.9. The predicted octanol–water partition coefficient (Wildman–Crippen LogP) is 4.17. The number of rotatable bonds is 9. The molecule has 0 unspecified atom stereocenters. The zero-order chi connectivity index (χ0) is 36.3. The van der Waals surface area contributed by atoms with Gasteiger partial charge in [0.1, 0.15) is 18.2 Å². The Morgan fingerprint density at radius 3 is 2.37 bits per heavy atom. The molecule has 0 saturated carbocycles. The summed E-state index contributed by atoms with van der Waals surface area (Å²) in [6, 6.07) is 14.6. The van der Waals surface area contributed by atoms with E-state index in [0.29, 0.717) is 18.5 Å². The Morgan fingerprint density at radius 1 is 0.980 bits per heavy atom. The number of nitrogens with one attached hydrogen (secondary N) is 1. The van der Waals surface area contributed by atoms with E-state index in [1.807, 2.05) is 74.5 Å². The average molecular weight is 699 g/mol. The smallest absolute Gasteiger partial charge is 0.306 e. The minimum atomic E-state index is -1.49. The Kier molecular flexibility index (Phi) is 11.0. The first-order valence-corrected chi connectivity index (χ1v) is 18.3. The van der Waals surface area contributed by atoms with Gasteiger partial charge in [-0.25, -0.2) is 0 Å². The van der Waals surface area contributed by atoms with Gasteiger partial charge in [-0.3, -0.25) is 19.2 Å². The number of aliphatic hydroxyl groups is 1. The van der Waals surface area contributed by atoms with Gasteiger partial charge in [0.05, 0.1) is 36.6 Å². The molecule has 2 aromatic carbocycles. The third-order valence-electron chi connectivity index (χ3n) is 11.1. The molecule has 3 amide bonds. The minimum Gasteiger partial charge on any atom is -0.463 e. The number of nitrogens with zero attached hydrogens (tertiary/aromatic N) is 3. The van der Waals surface area contributed by atoms with Crippen LogP contribution in [0.15, 0.2) is 78.9 Å². The summed E-state index contributed by atoms with van der Waals surface area (Å²) in [4.78, 5) is 62.5. The van der Waals surface area contributed by atoms with Crippen molar-refractivity contribution in [1.29, 1.82) is 0 Å². The van der Waals surface area contributed by atoms with Crippen LogP contribution in [-0.4, -0.2) is 90.3 Å². The molecule has 4 aliphatic rings. The van der Waals surface area contributed by atoms with Gasteiger partial charge in [-0.05, 0) is 56.0 Å².